The maximum atomic E-state index is 9.71. The molecule has 3 N–H and O–H groups in total. The topological polar surface area (TPSA) is 56.2 Å². The van der Waals surface area contributed by atoms with E-state index in [0.29, 0.717) is 5.92 Å². The Bertz CT molecular complexity index is 400. The Balaban J connectivity index is 2.03. The fraction of sp³-hybridized carbons (Fsp3) is 0.800. The van der Waals surface area contributed by atoms with Crippen molar-refractivity contribution in [3.8, 4) is 11.8 Å². The Morgan fingerprint density at radius 3 is 1.91 bits per heavy atom. The van der Waals surface area contributed by atoms with Gasteiger partial charge < -0.3 is 10.2 Å². The first kappa shape index (κ1) is 19.9. The number of aromatic nitrogens is 1. The van der Waals surface area contributed by atoms with Gasteiger partial charge in [0.05, 0.1) is 0 Å². The van der Waals surface area contributed by atoms with Gasteiger partial charge in [-0.15, -0.1) is 0 Å². The van der Waals surface area contributed by atoms with Crippen LogP contribution in [-0.4, -0.2) is 15.2 Å². The van der Waals surface area contributed by atoms with Crippen LogP contribution in [0.4, 0.5) is 0 Å². The molecule has 0 aliphatic carbocycles. The van der Waals surface area contributed by atoms with Gasteiger partial charge in [0.25, 0.3) is 0 Å². The molecule has 1 aromatic heterocycles. The summed E-state index contributed by atoms with van der Waals surface area (Å²) in [6.07, 6.45) is 16.9. The maximum absolute atomic E-state index is 9.71. The van der Waals surface area contributed by atoms with Crippen LogP contribution in [0.25, 0.3) is 0 Å². The average Bonchev–Trinajstić information content (AvgIpc) is 2.85. The lowest BCUT2D eigenvalue weighted by atomic mass is 9.92. The van der Waals surface area contributed by atoms with E-state index in [4.69, 9.17) is 0 Å². The summed E-state index contributed by atoms with van der Waals surface area (Å²) in [7, 11) is 0. The number of H-pyrrole nitrogens is 1. The third-order valence-corrected chi connectivity index (χ3v) is 4.91. The highest BCUT2D eigenvalue weighted by atomic mass is 16.3. The Kier molecular flexibility index (Phi) is 10.7. The van der Waals surface area contributed by atoms with E-state index in [2.05, 4.69) is 18.8 Å². The standard InChI is InChI=1S/C20H37NO2/c1-3-5-6-7-8-9-10-11-12-13-14-17(4-2)15-18-16-19(22)21-20(18)23/h16-17,21-23H,3-15H2,1-2H3. The van der Waals surface area contributed by atoms with Crippen molar-refractivity contribution >= 4 is 0 Å². The Morgan fingerprint density at radius 2 is 1.43 bits per heavy atom. The van der Waals surface area contributed by atoms with Gasteiger partial charge in [-0.2, -0.15) is 0 Å². The summed E-state index contributed by atoms with van der Waals surface area (Å²) in [4.78, 5) is 2.56. The second kappa shape index (κ2) is 12.3. The quantitative estimate of drug-likeness (QED) is 0.352. The van der Waals surface area contributed by atoms with Gasteiger partial charge in [-0.1, -0.05) is 90.9 Å². The van der Waals surface area contributed by atoms with E-state index < -0.39 is 0 Å². The molecule has 23 heavy (non-hydrogen) atoms. The minimum absolute atomic E-state index is 0.0614. The molecule has 0 saturated carbocycles. The van der Waals surface area contributed by atoms with E-state index in [0.717, 1.165) is 18.4 Å². The zero-order chi connectivity index (χ0) is 16.9. The Morgan fingerprint density at radius 1 is 0.870 bits per heavy atom. The highest BCUT2D eigenvalue weighted by molar-refractivity contribution is 5.32. The summed E-state index contributed by atoms with van der Waals surface area (Å²) in [5, 5.41) is 19.1. The van der Waals surface area contributed by atoms with Crippen LogP contribution in [0.1, 0.15) is 96.5 Å². The molecule has 0 saturated heterocycles. The van der Waals surface area contributed by atoms with E-state index in [1.165, 1.54) is 70.6 Å². The zero-order valence-electron chi connectivity index (χ0n) is 15.2. The molecule has 0 fully saturated rings. The molecular formula is C20H37NO2. The highest BCUT2D eigenvalue weighted by Crippen LogP contribution is 2.27. The van der Waals surface area contributed by atoms with E-state index in [9.17, 15) is 10.2 Å². The first-order chi connectivity index (χ1) is 11.2. The Labute approximate surface area is 142 Å². The van der Waals surface area contributed by atoms with Crippen molar-refractivity contribution in [2.24, 2.45) is 5.92 Å². The van der Waals surface area contributed by atoms with Crippen LogP contribution in [0.5, 0.6) is 11.8 Å². The molecule has 1 aromatic rings. The summed E-state index contributed by atoms with van der Waals surface area (Å²) < 4.78 is 0. The predicted octanol–water partition coefficient (Wildman–Crippen LogP) is 6.31. The molecule has 1 unspecified atom stereocenters. The second-order valence-corrected chi connectivity index (χ2v) is 6.98. The van der Waals surface area contributed by atoms with Crippen LogP contribution in [-0.2, 0) is 6.42 Å². The third-order valence-electron chi connectivity index (χ3n) is 4.91. The third kappa shape index (κ3) is 8.92. The molecule has 0 aliphatic heterocycles. The van der Waals surface area contributed by atoms with Crippen LogP contribution in [0.15, 0.2) is 6.07 Å². The highest BCUT2D eigenvalue weighted by Gasteiger charge is 2.13. The van der Waals surface area contributed by atoms with Crippen LogP contribution < -0.4 is 0 Å². The lowest BCUT2D eigenvalue weighted by Gasteiger charge is -2.14. The number of hydrogen-bond donors (Lipinski definition) is 3. The van der Waals surface area contributed by atoms with Gasteiger partial charge in [0.1, 0.15) is 0 Å². The molecule has 0 aromatic carbocycles. The van der Waals surface area contributed by atoms with Crippen LogP contribution in [0.2, 0.25) is 0 Å². The van der Waals surface area contributed by atoms with Gasteiger partial charge in [-0.25, -0.2) is 0 Å². The fourth-order valence-electron chi connectivity index (χ4n) is 3.31. The molecule has 1 rings (SSSR count). The van der Waals surface area contributed by atoms with Crippen LogP contribution >= 0.6 is 0 Å². The van der Waals surface area contributed by atoms with Gasteiger partial charge in [0.2, 0.25) is 0 Å². The number of aromatic amines is 1. The summed E-state index contributed by atoms with van der Waals surface area (Å²) in [6, 6.07) is 1.65. The van der Waals surface area contributed by atoms with Gasteiger partial charge in [0.15, 0.2) is 11.8 Å². The smallest absolute Gasteiger partial charge is 0.194 e. The minimum atomic E-state index is 0.0614. The van der Waals surface area contributed by atoms with Gasteiger partial charge in [-0.05, 0) is 12.3 Å². The second-order valence-electron chi connectivity index (χ2n) is 6.98. The Hall–Kier alpha value is -1.12. The lowest BCUT2D eigenvalue weighted by Crippen LogP contribution is -2.03. The molecule has 1 heterocycles. The van der Waals surface area contributed by atoms with Crippen molar-refractivity contribution in [2.75, 3.05) is 0 Å². The monoisotopic (exact) mass is 323 g/mol. The molecule has 0 bridgehead atoms. The number of nitrogens with one attached hydrogen (secondary N) is 1. The fourth-order valence-corrected chi connectivity index (χ4v) is 3.31. The van der Waals surface area contributed by atoms with Crippen molar-refractivity contribution in [1.29, 1.82) is 0 Å². The van der Waals surface area contributed by atoms with E-state index >= 15 is 0 Å². The first-order valence-corrected chi connectivity index (χ1v) is 9.77. The minimum Gasteiger partial charge on any atom is -0.495 e. The van der Waals surface area contributed by atoms with Crippen molar-refractivity contribution < 1.29 is 10.2 Å². The summed E-state index contributed by atoms with van der Waals surface area (Å²) in [5.74, 6) is 0.792. The molecule has 3 heteroatoms. The number of aromatic hydroxyl groups is 2. The molecule has 1 atom stereocenters. The average molecular weight is 324 g/mol. The largest absolute Gasteiger partial charge is 0.495 e. The van der Waals surface area contributed by atoms with Crippen molar-refractivity contribution in [2.45, 2.75) is 97.3 Å². The van der Waals surface area contributed by atoms with Crippen molar-refractivity contribution in [3.63, 3.8) is 0 Å². The summed E-state index contributed by atoms with van der Waals surface area (Å²) in [5.41, 5.74) is 0.849. The van der Waals surface area contributed by atoms with E-state index in [-0.39, 0.29) is 11.8 Å². The molecule has 3 nitrogen and oxygen atoms in total. The molecule has 0 aliphatic rings. The molecular weight excluding hydrogens is 286 g/mol. The van der Waals surface area contributed by atoms with Crippen LogP contribution in [0.3, 0.4) is 0 Å². The van der Waals surface area contributed by atoms with Crippen molar-refractivity contribution in [1.82, 2.24) is 4.98 Å². The number of rotatable bonds is 14. The normalized spacial score (nSPS) is 12.6. The summed E-state index contributed by atoms with van der Waals surface area (Å²) >= 11 is 0. The summed E-state index contributed by atoms with van der Waals surface area (Å²) in [6.45, 7) is 4.48. The van der Waals surface area contributed by atoms with E-state index in [1.54, 1.807) is 6.07 Å². The molecule has 134 valence electrons. The van der Waals surface area contributed by atoms with Gasteiger partial charge in [0, 0.05) is 11.6 Å². The maximum Gasteiger partial charge on any atom is 0.194 e. The van der Waals surface area contributed by atoms with Crippen molar-refractivity contribution in [3.05, 3.63) is 11.6 Å². The SMILES string of the molecule is CCCCCCCCCCCCC(CC)Cc1cc(O)[nH]c1O. The van der Waals surface area contributed by atoms with Gasteiger partial charge in [-0.3, -0.25) is 4.98 Å². The number of hydrogen-bond acceptors (Lipinski definition) is 2. The first-order valence-electron chi connectivity index (χ1n) is 9.77. The van der Waals surface area contributed by atoms with Crippen LogP contribution in [0, 0.1) is 5.92 Å². The zero-order valence-corrected chi connectivity index (χ0v) is 15.2. The lowest BCUT2D eigenvalue weighted by molar-refractivity contribution is 0.408. The molecule has 0 spiro atoms. The van der Waals surface area contributed by atoms with Gasteiger partial charge >= 0.3 is 0 Å². The van der Waals surface area contributed by atoms with E-state index in [1.807, 2.05) is 0 Å². The molecule has 0 amide bonds. The number of unbranched alkanes of at least 4 members (excludes halogenated alkanes) is 9. The predicted molar refractivity (Wildman–Crippen MR) is 98.1 cm³/mol. The molecule has 0 radical (unpaired) electrons.